The van der Waals surface area contributed by atoms with E-state index < -0.39 is 0 Å². The second kappa shape index (κ2) is 8.36. The highest BCUT2D eigenvalue weighted by Crippen LogP contribution is 2.28. The number of piperidine rings is 1. The van der Waals surface area contributed by atoms with Crippen molar-refractivity contribution in [1.82, 2.24) is 9.80 Å². The quantitative estimate of drug-likeness (QED) is 0.785. The summed E-state index contributed by atoms with van der Waals surface area (Å²) in [5, 5.41) is 0.766. The molecule has 0 bridgehead atoms. The predicted octanol–water partition coefficient (Wildman–Crippen LogP) is 3.84. The van der Waals surface area contributed by atoms with Gasteiger partial charge in [-0.15, -0.1) is 0 Å². The molecule has 0 saturated carbocycles. The van der Waals surface area contributed by atoms with E-state index in [1.54, 1.807) is 0 Å². The molecule has 0 N–H and O–H groups in total. The van der Waals surface area contributed by atoms with Gasteiger partial charge in [-0.3, -0.25) is 0 Å². The molecule has 2 saturated heterocycles. The number of ether oxygens (including phenoxy) is 1. The fourth-order valence-electron chi connectivity index (χ4n) is 3.59. The van der Waals surface area contributed by atoms with Crippen LogP contribution in [0.1, 0.15) is 37.7 Å². The summed E-state index contributed by atoms with van der Waals surface area (Å²) in [6.45, 7) is 5.99. The van der Waals surface area contributed by atoms with Gasteiger partial charge in [0.05, 0.1) is 5.02 Å². The Hall–Kier alpha value is -0.770. The van der Waals surface area contributed by atoms with Crippen LogP contribution < -0.4 is 4.74 Å². The molecule has 0 amide bonds. The molecule has 0 aliphatic carbocycles. The first-order chi connectivity index (χ1) is 11.2. The van der Waals surface area contributed by atoms with Crippen molar-refractivity contribution in [2.24, 2.45) is 0 Å². The van der Waals surface area contributed by atoms with Crippen molar-refractivity contribution in [3.8, 4) is 5.75 Å². The van der Waals surface area contributed by atoms with Crippen molar-refractivity contribution in [2.75, 3.05) is 39.8 Å². The zero-order valence-electron chi connectivity index (χ0n) is 14.3. The van der Waals surface area contributed by atoms with Crippen LogP contribution in [-0.2, 0) is 6.42 Å². The molecule has 4 heteroatoms. The lowest BCUT2D eigenvalue weighted by molar-refractivity contribution is 0.114. The molecule has 0 spiro atoms. The Morgan fingerprint density at radius 1 is 1.13 bits per heavy atom. The van der Waals surface area contributed by atoms with Gasteiger partial charge in [-0.2, -0.15) is 0 Å². The van der Waals surface area contributed by atoms with E-state index in [0.717, 1.165) is 43.1 Å². The standard InChI is InChI=1S/C19H29ClN2O/c1-21-13-8-17(9-14-21)23-19-7-6-16(15-18(19)20)5-4-12-22-10-2-3-11-22/h6-7,15,17H,2-5,8-14H2,1H3. The SMILES string of the molecule is CN1CCC(Oc2ccc(CCCN3CCCC3)cc2Cl)CC1. The van der Waals surface area contributed by atoms with E-state index in [4.69, 9.17) is 16.3 Å². The molecule has 2 heterocycles. The number of halogens is 1. The Bertz CT molecular complexity index is 494. The molecule has 3 rings (SSSR count). The third-order valence-corrected chi connectivity index (χ3v) is 5.39. The number of hydrogen-bond acceptors (Lipinski definition) is 3. The Morgan fingerprint density at radius 2 is 1.87 bits per heavy atom. The van der Waals surface area contributed by atoms with E-state index in [2.05, 4.69) is 35.0 Å². The third kappa shape index (κ3) is 5.10. The molecular formula is C19H29ClN2O. The van der Waals surface area contributed by atoms with Crippen LogP contribution >= 0.6 is 11.6 Å². The third-order valence-electron chi connectivity index (χ3n) is 5.09. The number of aryl methyl sites for hydroxylation is 1. The largest absolute Gasteiger partial charge is 0.489 e. The lowest BCUT2D eigenvalue weighted by Gasteiger charge is -2.29. The van der Waals surface area contributed by atoms with E-state index in [1.165, 1.54) is 44.5 Å². The fraction of sp³-hybridized carbons (Fsp3) is 0.684. The second-order valence-corrected chi connectivity index (χ2v) is 7.44. The molecule has 0 unspecified atom stereocenters. The zero-order chi connectivity index (χ0) is 16.1. The molecule has 23 heavy (non-hydrogen) atoms. The van der Waals surface area contributed by atoms with Gasteiger partial charge in [0.2, 0.25) is 0 Å². The molecule has 128 valence electrons. The van der Waals surface area contributed by atoms with Crippen LogP contribution in [0, 0.1) is 0 Å². The molecule has 0 radical (unpaired) electrons. The van der Waals surface area contributed by atoms with Crippen molar-refractivity contribution in [3.63, 3.8) is 0 Å². The van der Waals surface area contributed by atoms with Gasteiger partial charge < -0.3 is 14.5 Å². The maximum absolute atomic E-state index is 6.44. The van der Waals surface area contributed by atoms with Gasteiger partial charge in [-0.1, -0.05) is 17.7 Å². The summed E-state index contributed by atoms with van der Waals surface area (Å²) in [5.74, 6) is 0.851. The van der Waals surface area contributed by atoms with Crippen LogP contribution in [0.25, 0.3) is 0 Å². The average Bonchev–Trinajstić information content (AvgIpc) is 3.05. The van der Waals surface area contributed by atoms with Gasteiger partial charge in [-0.05, 0) is 82.9 Å². The smallest absolute Gasteiger partial charge is 0.138 e. The highest BCUT2D eigenvalue weighted by Gasteiger charge is 2.19. The van der Waals surface area contributed by atoms with Crippen molar-refractivity contribution in [1.29, 1.82) is 0 Å². The van der Waals surface area contributed by atoms with Gasteiger partial charge >= 0.3 is 0 Å². The maximum atomic E-state index is 6.44. The van der Waals surface area contributed by atoms with Gasteiger partial charge in [0.1, 0.15) is 11.9 Å². The van der Waals surface area contributed by atoms with E-state index in [-0.39, 0.29) is 0 Å². The van der Waals surface area contributed by atoms with Crippen molar-refractivity contribution < 1.29 is 4.74 Å². The second-order valence-electron chi connectivity index (χ2n) is 7.04. The monoisotopic (exact) mass is 336 g/mol. The highest BCUT2D eigenvalue weighted by atomic mass is 35.5. The molecule has 1 aromatic rings. The Kier molecular flexibility index (Phi) is 6.21. The van der Waals surface area contributed by atoms with Crippen molar-refractivity contribution in [2.45, 2.75) is 44.6 Å². The van der Waals surface area contributed by atoms with Gasteiger partial charge in [0.25, 0.3) is 0 Å². The molecule has 0 atom stereocenters. The van der Waals surface area contributed by atoms with Crippen LogP contribution in [0.2, 0.25) is 5.02 Å². The van der Waals surface area contributed by atoms with Gasteiger partial charge in [0, 0.05) is 13.1 Å². The molecule has 3 nitrogen and oxygen atoms in total. The number of likely N-dealkylation sites (tertiary alicyclic amines) is 2. The van der Waals surface area contributed by atoms with E-state index in [9.17, 15) is 0 Å². The van der Waals surface area contributed by atoms with Crippen LogP contribution in [0.3, 0.4) is 0 Å². The summed E-state index contributed by atoms with van der Waals surface area (Å²) < 4.78 is 6.11. The van der Waals surface area contributed by atoms with Gasteiger partial charge in [0.15, 0.2) is 0 Å². The number of benzene rings is 1. The summed E-state index contributed by atoms with van der Waals surface area (Å²) >= 11 is 6.44. The molecule has 2 aliphatic heterocycles. The zero-order valence-corrected chi connectivity index (χ0v) is 15.0. The summed E-state index contributed by atoms with van der Waals surface area (Å²) in [5.41, 5.74) is 1.32. The summed E-state index contributed by atoms with van der Waals surface area (Å²) in [6.07, 6.45) is 7.54. The minimum absolute atomic E-state index is 0.310. The average molecular weight is 337 g/mol. The van der Waals surface area contributed by atoms with E-state index >= 15 is 0 Å². The predicted molar refractivity (Wildman–Crippen MR) is 96.6 cm³/mol. The summed E-state index contributed by atoms with van der Waals surface area (Å²) in [7, 11) is 2.17. The molecule has 0 aromatic heterocycles. The number of hydrogen-bond donors (Lipinski definition) is 0. The lowest BCUT2D eigenvalue weighted by atomic mass is 10.1. The van der Waals surface area contributed by atoms with Crippen LogP contribution in [-0.4, -0.2) is 55.7 Å². The highest BCUT2D eigenvalue weighted by molar-refractivity contribution is 6.32. The van der Waals surface area contributed by atoms with Crippen molar-refractivity contribution >= 4 is 11.6 Å². The lowest BCUT2D eigenvalue weighted by Crippen LogP contribution is -2.35. The van der Waals surface area contributed by atoms with Crippen LogP contribution in [0.5, 0.6) is 5.75 Å². The first-order valence-corrected chi connectivity index (χ1v) is 9.44. The fourth-order valence-corrected chi connectivity index (χ4v) is 3.84. The minimum atomic E-state index is 0.310. The normalized spacial score (nSPS) is 21.0. The minimum Gasteiger partial charge on any atom is -0.489 e. The van der Waals surface area contributed by atoms with Crippen LogP contribution in [0.15, 0.2) is 18.2 Å². The topological polar surface area (TPSA) is 15.7 Å². The Balaban J connectivity index is 1.47. The number of rotatable bonds is 6. The number of nitrogens with zero attached hydrogens (tertiary/aromatic N) is 2. The summed E-state index contributed by atoms with van der Waals surface area (Å²) in [4.78, 5) is 4.92. The molecule has 2 fully saturated rings. The molecular weight excluding hydrogens is 308 g/mol. The first kappa shape index (κ1) is 17.1. The molecule has 1 aromatic carbocycles. The van der Waals surface area contributed by atoms with E-state index in [0.29, 0.717) is 6.10 Å². The molecule has 2 aliphatic rings. The first-order valence-electron chi connectivity index (χ1n) is 9.07. The Labute approximate surface area is 145 Å². The Morgan fingerprint density at radius 3 is 2.57 bits per heavy atom. The van der Waals surface area contributed by atoms with E-state index in [1.807, 2.05) is 0 Å². The van der Waals surface area contributed by atoms with Gasteiger partial charge in [-0.25, -0.2) is 0 Å². The van der Waals surface area contributed by atoms with Crippen LogP contribution in [0.4, 0.5) is 0 Å². The van der Waals surface area contributed by atoms with Crippen molar-refractivity contribution in [3.05, 3.63) is 28.8 Å². The maximum Gasteiger partial charge on any atom is 0.138 e. The summed E-state index contributed by atoms with van der Waals surface area (Å²) in [6, 6.07) is 6.34.